The number of ether oxygens (including phenoxy) is 4. The van der Waals surface area contributed by atoms with Crippen molar-refractivity contribution < 1.29 is 43.7 Å². The number of oxime groups is 1. The molecule has 57 heavy (non-hydrogen) atoms. The topological polar surface area (TPSA) is 165 Å². The molecule has 0 radical (unpaired) electrons. The lowest BCUT2D eigenvalue weighted by Crippen LogP contribution is -2.69. The molecule has 2 heterocycles. The van der Waals surface area contributed by atoms with Gasteiger partial charge in [0.1, 0.15) is 37.4 Å². The van der Waals surface area contributed by atoms with Crippen molar-refractivity contribution in [1.29, 1.82) is 0 Å². The van der Waals surface area contributed by atoms with Crippen LogP contribution in [0.2, 0.25) is 0 Å². The number of unbranched alkanes of at least 4 members (excludes halogenated alkanes) is 2. The van der Waals surface area contributed by atoms with Gasteiger partial charge < -0.3 is 38.9 Å². The van der Waals surface area contributed by atoms with Gasteiger partial charge in [-0.25, -0.2) is 4.79 Å². The average molecular weight is 811 g/mol. The first-order valence-corrected chi connectivity index (χ1v) is 20.5. The van der Waals surface area contributed by atoms with Crippen molar-refractivity contribution in [2.75, 3.05) is 65.6 Å². The minimum absolute atomic E-state index is 0.0150. The van der Waals surface area contributed by atoms with Crippen LogP contribution in [0.3, 0.4) is 0 Å². The molecule has 6 rings (SSSR count). The van der Waals surface area contributed by atoms with Crippen LogP contribution in [0, 0.1) is 27.9 Å². The number of aliphatic hydroxyl groups is 2. The number of carbonyl (C=O) groups excluding carboxylic acids is 1. The molecule has 0 bridgehead atoms. The number of halogens is 1. The Morgan fingerprint density at radius 2 is 1.88 bits per heavy atom. The monoisotopic (exact) mass is 810 g/mol. The Morgan fingerprint density at radius 1 is 1.12 bits per heavy atom. The zero-order chi connectivity index (χ0) is 40.4. The number of aliphatic hydroxyl groups excluding tert-OH is 2. The molecule has 2 aliphatic carbocycles. The second kappa shape index (κ2) is 20.0. The van der Waals surface area contributed by atoms with Gasteiger partial charge >= 0.3 is 6.09 Å². The number of nitro groups is 1. The SMILES string of the molecule is C=CCOC12Oc3ccc(OCCN4CC4)cc3C3C(CCCCO)C(CCCCO)C=C(C(=NOCc4ccc([N+](=O)[O-])cc4)CC1N(C)C(=O)OCCCl)C32. The number of benzene rings is 2. The maximum Gasteiger partial charge on any atom is 0.410 e. The van der Waals surface area contributed by atoms with Crippen LogP contribution in [0.25, 0.3) is 0 Å². The summed E-state index contributed by atoms with van der Waals surface area (Å²) >= 11 is 5.93. The Balaban J connectivity index is 1.49. The average Bonchev–Trinajstić information content (AvgIpc) is 4.05. The molecular formula is C42H55ClN4O10. The third kappa shape index (κ3) is 9.92. The molecule has 310 valence electrons. The lowest BCUT2D eigenvalue weighted by Gasteiger charge is -2.59. The maximum absolute atomic E-state index is 13.7. The van der Waals surface area contributed by atoms with Gasteiger partial charge in [-0.2, -0.15) is 0 Å². The summed E-state index contributed by atoms with van der Waals surface area (Å²) < 4.78 is 25.9. The number of amides is 1. The smallest absolute Gasteiger partial charge is 0.410 e. The Bertz CT molecular complexity index is 1750. The van der Waals surface area contributed by atoms with Crippen molar-refractivity contribution in [3.8, 4) is 11.5 Å². The molecule has 2 aromatic carbocycles. The molecule has 1 saturated carbocycles. The fourth-order valence-electron chi connectivity index (χ4n) is 8.66. The van der Waals surface area contributed by atoms with Crippen LogP contribution >= 0.6 is 11.6 Å². The van der Waals surface area contributed by atoms with Gasteiger partial charge in [-0.1, -0.05) is 30.1 Å². The van der Waals surface area contributed by atoms with E-state index in [4.69, 9.17) is 40.5 Å². The lowest BCUT2D eigenvalue weighted by molar-refractivity contribution is -0.384. The molecule has 15 heteroatoms. The highest BCUT2D eigenvalue weighted by molar-refractivity contribution is 6.18. The predicted molar refractivity (Wildman–Crippen MR) is 215 cm³/mol. The number of hydrogen-bond acceptors (Lipinski definition) is 12. The molecule has 1 amide bonds. The highest BCUT2D eigenvalue weighted by Crippen LogP contribution is 2.61. The maximum atomic E-state index is 13.7. The second-order valence-corrected chi connectivity index (χ2v) is 15.5. The molecule has 2 aliphatic heterocycles. The largest absolute Gasteiger partial charge is 0.492 e. The van der Waals surface area contributed by atoms with E-state index in [0.29, 0.717) is 36.5 Å². The highest BCUT2D eigenvalue weighted by Gasteiger charge is 2.65. The van der Waals surface area contributed by atoms with Crippen molar-refractivity contribution in [3.05, 3.63) is 88.0 Å². The molecule has 4 aliphatic rings. The summed E-state index contributed by atoms with van der Waals surface area (Å²) in [5.74, 6) is -0.514. The summed E-state index contributed by atoms with van der Waals surface area (Å²) in [7, 11) is 1.66. The molecule has 1 saturated heterocycles. The highest BCUT2D eigenvalue weighted by atomic mass is 35.5. The van der Waals surface area contributed by atoms with Gasteiger partial charge in [-0.05, 0) is 79.0 Å². The molecule has 2 fully saturated rings. The predicted octanol–water partition coefficient (Wildman–Crippen LogP) is 6.43. The summed E-state index contributed by atoms with van der Waals surface area (Å²) in [5.41, 5.74) is 3.15. The molecule has 14 nitrogen and oxygen atoms in total. The summed E-state index contributed by atoms with van der Waals surface area (Å²) in [6.07, 6.45) is 8.04. The summed E-state index contributed by atoms with van der Waals surface area (Å²) in [5, 5.41) is 35.7. The van der Waals surface area contributed by atoms with Gasteiger partial charge in [0, 0.05) is 69.9 Å². The fourth-order valence-corrected chi connectivity index (χ4v) is 8.74. The van der Waals surface area contributed by atoms with E-state index in [-0.39, 0.29) is 68.8 Å². The molecule has 6 atom stereocenters. The number of fused-ring (bicyclic) bond motifs is 2. The van der Waals surface area contributed by atoms with Crippen LogP contribution in [0.4, 0.5) is 10.5 Å². The number of nitro benzene ring substituents is 1. The van der Waals surface area contributed by atoms with Crippen molar-refractivity contribution in [3.63, 3.8) is 0 Å². The third-order valence-corrected chi connectivity index (χ3v) is 11.6. The van der Waals surface area contributed by atoms with Crippen LogP contribution in [0.5, 0.6) is 11.5 Å². The van der Waals surface area contributed by atoms with E-state index >= 15 is 0 Å². The Morgan fingerprint density at radius 3 is 2.56 bits per heavy atom. The van der Waals surface area contributed by atoms with Crippen LogP contribution in [0.1, 0.15) is 62.0 Å². The number of allylic oxidation sites excluding steroid dienone is 1. The third-order valence-electron chi connectivity index (χ3n) is 11.5. The van der Waals surface area contributed by atoms with E-state index < -0.39 is 28.8 Å². The standard InChI is InChI=1S/C42H55ClN4O10/c1-3-22-55-42-38(45(2)41(50)54-23-16-43)27-36(44-56-28-29-10-12-31(13-11-29)47(51)52)34-25-30(8-4-6-20-48)33(9-5-7-21-49)39(40(34)42)35-26-32(14-15-37(35)57-42)53-24-19-46-17-18-46/h3,10-15,25-26,30,33,38-40,48-49H,1,4-9,16-24,27-28H2,2H3. The van der Waals surface area contributed by atoms with Crippen LogP contribution in [0.15, 0.2) is 71.9 Å². The van der Waals surface area contributed by atoms with Gasteiger partial charge in [0.2, 0.25) is 5.79 Å². The number of hydrogen-bond donors (Lipinski definition) is 2. The Hall–Kier alpha value is -4.21. The number of carbonyl (C=O) groups is 1. The van der Waals surface area contributed by atoms with E-state index in [1.54, 1.807) is 25.3 Å². The molecule has 6 unspecified atom stereocenters. The first-order valence-electron chi connectivity index (χ1n) is 20.0. The van der Waals surface area contributed by atoms with E-state index in [9.17, 15) is 25.1 Å². The van der Waals surface area contributed by atoms with Crippen molar-refractivity contribution in [2.45, 2.75) is 69.3 Å². The molecular weight excluding hydrogens is 756 g/mol. The van der Waals surface area contributed by atoms with Crippen molar-refractivity contribution in [1.82, 2.24) is 9.80 Å². The van der Waals surface area contributed by atoms with Crippen LogP contribution < -0.4 is 9.47 Å². The zero-order valence-corrected chi connectivity index (χ0v) is 33.4. The Kier molecular flexibility index (Phi) is 14.9. The van der Waals surface area contributed by atoms with E-state index in [1.165, 1.54) is 17.0 Å². The van der Waals surface area contributed by atoms with E-state index in [2.05, 4.69) is 23.6 Å². The van der Waals surface area contributed by atoms with Gasteiger partial charge in [0.25, 0.3) is 5.69 Å². The molecule has 0 spiro atoms. The lowest BCUT2D eigenvalue weighted by atomic mass is 9.55. The van der Waals surface area contributed by atoms with E-state index in [0.717, 1.165) is 62.2 Å². The number of alkyl halides is 1. The van der Waals surface area contributed by atoms with Gasteiger partial charge in [-0.15, -0.1) is 18.2 Å². The zero-order valence-electron chi connectivity index (χ0n) is 32.6. The summed E-state index contributed by atoms with van der Waals surface area (Å²) in [6, 6.07) is 11.3. The first kappa shape index (κ1) is 42.4. The van der Waals surface area contributed by atoms with Gasteiger partial charge in [0.05, 0.1) is 29.0 Å². The minimum atomic E-state index is -1.42. The number of nitrogens with zero attached hydrogens (tertiary/aromatic N) is 4. The summed E-state index contributed by atoms with van der Waals surface area (Å²) in [6.45, 7) is 7.88. The minimum Gasteiger partial charge on any atom is -0.492 e. The second-order valence-electron chi connectivity index (χ2n) is 15.1. The quantitative estimate of drug-likeness (QED) is 0.0336. The normalized spacial score (nSPS) is 25.4. The van der Waals surface area contributed by atoms with Crippen LogP contribution in [-0.2, 0) is 20.9 Å². The fraction of sp³-hybridized carbons (Fsp3) is 0.571. The van der Waals surface area contributed by atoms with Crippen LogP contribution in [-0.4, -0.2) is 114 Å². The number of likely N-dealkylation sites (N-methyl/N-ethyl adjacent to an activating group) is 1. The number of non-ortho nitro benzene ring substituents is 1. The first-order chi connectivity index (χ1) is 27.7. The van der Waals surface area contributed by atoms with Gasteiger partial charge in [0.15, 0.2) is 0 Å². The molecule has 2 aromatic rings. The molecule has 0 aromatic heterocycles. The van der Waals surface area contributed by atoms with E-state index in [1.807, 2.05) is 12.1 Å². The summed E-state index contributed by atoms with van der Waals surface area (Å²) in [4.78, 5) is 34.4. The molecule has 2 N–H and O–H groups in total. The Labute approximate surface area is 339 Å². The van der Waals surface area contributed by atoms with Crippen molar-refractivity contribution in [2.24, 2.45) is 22.9 Å². The van der Waals surface area contributed by atoms with Crippen molar-refractivity contribution >= 4 is 29.1 Å². The number of rotatable bonds is 22. The van der Waals surface area contributed by atoms with Gasteiger partial charge in [-0.3, -0.25) is 15.0 Å².